The molecule has 0 amide bonds. The summed E-state index contributed by atoms with van der Waals surface area (Å²) in [7, 11) is 2.97. The standard InChI is InChI=1S/C21H14Cl2FN5O2/c1-26-18-17(19(30)27(2)21(26)31)28-10-16(14-8-3-11(22)9-15(14)23)29(20(28)25-18)13-6-4-12(24)5-7-13/h3-10H,1-2H3. The largest absolute Gasteiger partial charge is 0.332 e. The van der Waals surface area contributed by atoms with Crippen molar-refractivity contribution < 1.29 is 4.39 Å². The summed E-state index contributed by atoms with van der Waals surface area (Å²) in [5.41, 5.74) is 1.40. The third-order valence-electron chi connectivity index (χ3n) is 5.26. The van der Waals surface area contributed by atoms with Gasteiger partial charge in [-0.15, -0.1) is 0 Å². The fraction of sp³-hybridized carbons (Fsp3) is 0.0952. The van der Waals surface area contributed by atoms with Gasteiger partial charge in [0.1, 0.15) is 5.82 Å². The first-order chi connectivity index (χ1) is 14.8. The number of aryl methyl sites for hydroxylation is 1. The van der Waals surface area contributed by atoms with Crippen LogP contribution < -0.4 is 11.2 Å². The second kappa shape index (κ2) is 6.83. The lowest BCUT2D eigenvalue weighted by Crippen LogP contribution is -2.37. The molecule has 5 aromatic rings. The molecule has 0 atom stereocenters. The summed E-state index contributed by atoms with van der Waals surface area (Å²) in [5, 5.41) is 0.883. The smallest absolute Gasteiger partial charge is 0.279 e. The molecular weight excluding hydrogens is 444 g/mol. The van der Waals surface area contributed by atoms with Crippen molar-refractivity contribution >= 4 is 40.1 Å². The van der Waals surface area contributed by atoms with Crippen LogP contribution in [0.15, 0.2) is 58.3 Å². The fourth-order valence-corrected chi connectivity index (χ4v) is 4.21. The van der Waals surface area contributed by atoms with Crippen LogP contribution in [-0.2, 0) is 14.1 Å². The molecule has 5 rings (SSSR count). The summed E-state index contributed by atoms with van der Waals surface area (Å²) in [6.07, 6.45) is 1.72. The maximum absolute atomic E-state index is 13.6. The zero-order valence-corrected chi connectivity index (χ0v) is 17.8. The lowest BCUT2D eigenvalue weighted by molar-refractivity contribution is 0.627. The van der Waals surface area contributed by atoms with E-state index in [-0.39, 0.29) is 17.0 Å². The second-order valence-corrected chi connectivity index (χ2v) is 7.95. The third-order valence-corrected chi connectivity index (χ3v) is 5.80. The van der Waals surface area contributed by atoms with Crippen molar-refractivity contribution in [3.8, 4) is 16.9 Å². The highest BCUT2D eigenvalue weighted by molar-refractivity contribution is 6.36. The highest BCUT2D eigenvalue weighted by atomic mass is 35.5. The van der Waals surface area contributed by atoms with Crippen molar-refractivity contribution in [3.05, 3.63) is 85.4 Å². The molecular formula is C21H14Cl2FN5O2. The fourth-order valence-electron chi connectivity index (χ4n) is 3.70. The van der Waals surface area contributed by atoms with E-state index >= 15 is 0 Å². The Bertz CT molecular complexity index is 1630. The van der Waals surface area contributed by atoms with Crippen molar-refractivity contribution in [2.45, 2.75) is 0 Å². The van der Waals surface area contributed by atoms with Gasteiger partial charge in [0.2, 0.25) is 5.78 Å². The van der Waals surface area contributed by atoms with E-state index in [0.717, 1.165) is 4.57 Å². The zero-order chi connectivity index (χ0) is 22.0. The predicted octanol–water partition coefficient (Wildman–Crippen LogP) is 3.79. The number of rotatable bonds is 2. The van der Waals surface area contributed by atoms with Gasteiger partial charge in [0.15, 0.2) is 11.2 Å². The Balaban J connectivity index is 1.97. The molecule has 3 heterocycles. The van der Waals surface area contributed by atoms with Gasteiger partial charge in [0.25, 0.3) is 5.56 Å². The zero-order valence-electron chi connectivity index (χ0n) is 16.3. The molecule has 0 saturated carbocycles. The Morgan fingerprint density at radius 1 is 0.968 bits per heavy atom. The monoisotopic (exact) mass is 457 g/mol. The molecule has 10 heteroatoms. The number of benzene rings is 2. The van der Waals surface area contributed by atoms with Crippen LogP contribution in [0.1, 0.15) is 0 Å². The van der Waals surface area contributed by atoms with E-state index < -0.39 is 11.2 Å². The van der Waals surface area contributed by atoms with Crippen LogP contribution in [0.5, 0.6) is 0 Å². The van der Waals surface area contributed by atoms with E-state index in [9.17, 15) is 14.0 Å². The lowest BCUT2D eigenvalue weighted by atomic mass is 10.1. The number of nitrogens with zero attached hydrogens (tertiary/aromatic N) is 5. The van der Waals surface area contributed by atoms with Crippen LogP contribution in [0.2, 0.25) is 10.0 Å². The predicted molar refractivity (Wildman–Crippen MR) is 118 cm³/mol. The Kier molecular flexibility index (Phi) is 4.32. The quantitative estimate of drug-likeness (QED) is 0.405. The van der Waals surface area contributed by atoms with Crippen LogP contribution in [-0.4, -0.2) is 23.1 Å². The Morgan fingerprint density at radius 2 is 1.68 bits per heavy atom. The maximum atomic E-state index is 13.6. The average Bonchev–Trinajstić information content (AvgIpc) is 3.28. The molecule has 0 spiro atoms. The summed E-state index contributed by atoms with van der Waals surface area (Å²) < 4.78 is 19.3. The summed E-state index contributed by atoms with van der Waals surface area (Å²) in [6.45, 7) is 0. The molecule has 0 aliphatic rings. The van der Waals surface area contributed by atoms with Crippen LogP contribution in [0.4, 0.5) is 4.39 Å². The Labute approximate surface area is 184 Å². The topological polar surface area (TPSA) is 66.2 Å². The van der Waals surface area contributed by atoms with Gasteiger partial charge in [-0.25, -0.2) is 9.18 Å². The van der Waals surface area contributed by atoms with Gasteiger partial charge < -0.3 is 0 Å². The highest BCUT2D eigenvalue weighted by Crippen LogP contribution is 2.34. The van der Waals surface area contributed by atoms with Gasteiger partial charge in [-0.05, 0) is 42.5 Å². The number of hydrogen-bond donors (Lipinski definition) is 0. The van der Waals surface area contributed by atoms with E-state index in [2.05, 4.69) is 4.98 Å². The third kappa shape index (κ3) is 2.83. The van der Waals surface area contributed by atoms with Gasteiger partial charge in [-0.3, -0.25) is 22.9 Å². The molecule has 0 N–H and O–H groups in total. The first-order valence-electron chi connectivity index (χ1n) is 9.19. The van der Waals surface area contributed by atoms with Crippen LogP contribution in [0.3, 0.4) is 0 Å². The van der Waals surface area contributed by atoms with E-state index in [1.807, 2.05) is 0 Å². The molecule has 31 heavy (non-hydrogen) atoms. The minimum atomic E-state index is -0.479. The second-order valence-electron chi connectivity index (χ2n) is 7.11. The average molecular weight is 458 g/mol. The summed E-state index contributed by atoms with van der Waals surface area (Å²) in [4.78, 5) is 29.9. The highest BCUT2D eigenvalue weighted by Gasteiger charge is 2.22. The maximum Gasteiger partial charge on any atom is 0.332 e. The van der Waals surface area contributed by atoms with Crippen LogP contribution in [0, 0.1) is 5.82 Å². The molecule has 2 aromatic carbocycles. The lowest BCUT2D eigenvalue weighted by Gasteiger charge is -2.10. The first kappa shape index (κ1) is 19.6. The molecule has 0 aliphatic carbocycles. The van der Waals surface area contributed by atoms with Gasteiger partial charge in [-0.2, -0.15) is 4.98 Å². The minimum absolute atomic E-state index is 0.242. The summed E-state index contributed by atoms with van der Waals surface area (Å²) in [6, 6.07) is 10.9. The van der Waals surface area contributed by atoms with Gasteiger partial charge in [0.05, 0.1) is 10.7 Å². The molecule has 0 saturated heterocycles. The van der Waals surface area contributed by atoms with Crippen molar-refractivity contribution in [2.75, 3.05) is 0 Å². The van der Waals surface area contributed by atoms with E-state index in [1.54, 1.807) is 52.5 Å². The number of fused-ring (bicyclic) bond motifs is 3. The van der Waals surface area contributed by atoms with Gasteiger partial charge in [0, 0.05) is 36.6 Å². The van der Waals surface area contributed by atoms with Crippen molar-refractivity contribution in [1.82, 2.24) is 23.1 Å². The summed E-state index contributed by atoms with van der Waals surface area (Å²) >= 11 is 12.5. The number of hydrogen-bond acceptors (Lipinski definition) is 3. The first-order valence-corrected chi connectivity index (χ1v) is 9.94. The molecule has 0 unspecified atom stereocenters. The molecule has 0 fully saturated rings. The van der Waals surface area contributed by atoms with Gasteiger partial charge >= 0.3 is 5.69 Å². The molecule has 7 nitrogen and oxygen atoms in total. The molecule has 156 valence electrons. The number of halogens is 3. The van der Waals surface area contributed by atoms with Crippen molar-refractivity contribution in [1.29, 1.82) is 0 Å². The van der Waals surface area contributed by atoms with E-state index in [0.29, 0.717) is 32.8 Å². The van der Waals surface area contributed by atoms with E-state index in [1.165, 1.54) is 23.7 Å². The number of aromatic nitrogens is 5. The minimum Gasteiger partial charge on any atom is -0.279 e. The van der Waals surface area contributed by atoms with Crippen LogP contribution in [0.25, 0.3) is 33.9 Å². The van der Waals surface area contributed by atoms with Gasteiger partial charge in [-0.1, -0.05) is 23.2 Å². The molecule has 0 aliphatic heterocycles. The number of imidazole rings is 2. The Hall–Kier alpha value is -3.36. The normalized spacial score (nSPS) is 11.6. The molecule has 3 aromatic heterocycles. The Morgan fingerprint density at radius 3 is 2.35 bits per heavy atom. The summed E-state index contributed by atoms with van der Waals surface area (Å²) in [5.74, 6) is -0.0105. The van der Waals surface area contributed by atoms with Crippen molar-refractivity contribution in [2.24, 2.45) is 14.1 Å². The SMILES string of the molecule is Cn1c(=O)c2c(nc3n(-c4ccc(F)cc4)c(-c4ccc(Cl)cc4Cl)cn23)n(C)c1=O. The molecule has 0 radical (unpaired) electrons. The van der Waals surface area contributed by atoms with E-state index in [4.69, 9.17) is 23.2 Å². The van der Waals surface area contributed by atoms with Crippen molar-refractivity contribution in [3.63, 3.8) is 0 Å². The molecule has 0 bridgehead atoms. The van der Waals surface area contributed by atoms with Crippen LogP contribution >= 0.6 is 23.2 Å².